The van der Waals surface area contributed by atoms with Gasteiger partial charge in [0.25, 0.3) is 5.91 Å². The Labute approximate surface area is 158 Å². The van der Waals surface area contributed by atoms with Crippen LogP contribution in [0.1, 0.15) is 11.1 Å². The number of hydrogen-bond acceptors (Lipinski definition) is 4. The SMILES string of the molecule is COC(=O)C1Cc2ccccc2CN1C(=O)COc1ccc(Br)cc1F. The number of amides is 1. The molecule has 1 atom stereocenters. The van der Waals surface area contributed by atoms with Gasteiger partial charge in [0.1, 0.15) is 6.04 Å². The molecule has 2 aromatic rings. The van der Waals surface area contributed by atoms with Gasteiger partial charge in [0, 0.05) is 17.4 Å². The second kappa shape index (κ2) is 7.86. The monoisotopic (exact) mass is 421 g/mol. The highest BCUT2D eigenvalue weighted by Crippen LogP contribution is 2.25. The van der Waals surface area contributed by atoms with Crippen molar-refractivity contribution in [2.75, 3.05) is 13.7 Å². The largest absolute Gasteiger partial charge is 0.481 e. The summed E-state index contributed by atoms with van der Waals surface area (Å²) in [6, 6.07) is 11.2. The first-order valence-corrected chi connectivity index (χ1v) is 8.81. The number of rotatable bonds is 4. The summed E-state index contributed by atoms with van der Waals surface area (Å²) >= 11 is 3.16. The lowest BCUT2D eigenvalue weighted by Gasteiger charge is -2.35. The molecule has 0 radical (unpaired) electrons. The molecule has 0 saturated heterocycles. The van der Waals surface area contributed by atoms with Crippen LogP contribution >= 0.6 is 15.9 Å². The minimum absolute atomic E-state index is 0.0198. The third-order valence-corrected chi connectivity index (χ3v) is 4.78. The lowest BCUT2D eigenvalue weighted by Crippen LogP contribution is -2.50. The van der Waals surface area contributed by atoms with Crippen LogP contribution in [0.3, 0.4) is 0 Å². The number of carbonyl (C=O) groups excluding carboxylic acids is 2. The molecule has 1 aliphatic heterocycles. The van der Waals surface area contributed by atoms with E-state index in [0.717, 1.165) is 11.1 Å². The highest BCUT2D eigenvalue weighted by Gasteiger charge is 2.35. The summed E-state index contributed by atoms with van der Waals surface area (Å²) in [6.07, 6.45) is 0.376. The minimum Gasteiger partial charge on any atom is -0.481 e. The molecule has 1 aliphatic rings. The van der Waals surface area contributed by atoms with Crippen LogP contribution in [0, 0.1) is 5.82 Å². The van der Waals surface area contributed by atoms with Gasteiger partial charge in [0.2, 0.25) is 0 Å². The van der Waals surface area contributed by atoms with Crippen LogP contribution in [-0.4, -0.2) is 36.5 Å². The van der Waals surface area contributed by atoms with E-state index in [0.29, 0.717) is 10.9 Å². The van der Waals surface area contributed by atoms with Crippen molar-refractivity contribution >= 4 is 27.8 Å². The van der Waals surface area contributed by atoms with Gasteiger partial charge in [0.05, 0.1) is 7.11 Å². The van der Waals surface area contributed by atoms with Gasteiger partial charge >= 0.3 is 5.97 Å². The van der Waals surface area contributed by atoms with Gasteiger partial charge in [0.15, 0.2) is 18.2 Å². The Morgan fingerprint density at radius 3 is 2.65 bits per heavy atom. The molecule has 1 heterocycles. The van der Waals surface area contributed by atoms with Crippen molar-refractivity contribution in [1.82, 2.24) is 4.90 Å². The van der Waals surface area contributed by atoms with Crippen molar-refractivity contribution in [3.05, 3.63) is 63.9 Å². The average Bonchev–Trinajstić information content (AvgIpc) is 2.65. The van der Waals surface area contributed by atoms with Crippen LogP contribution in [0.4, 0.5) is 4.39 Å². The van der Waals surface area contributed by atoms with Crippen molar-refractivity contribution in [2.24, 2.45) is 0 Å². The molecule has 1 unspecified atom stereocenters. The van der Waals surface area contributed by atoms with Crippen LogP contribution in [0.2, 0.25) is 0 Å². The molecule has 0 saturated carbocycles. The smallest absolute Gasteiger partial charge is 0.328 e. The standard InChI is InChI=1S/C19H17BrFNO4/c1-25-19(24)16-8-12-4-2-3-5-13(12)10-22(16)18(23)11-26-17-7-6-14(20)9-15(17)21/h2-7,9,16H,8,10-11H2,1H3. The molecule has 0 aliphatic carbocycles. The van der Waals surface area contributed by atoms with E-state index in [2.05, 4.69) is 15.9 Å². The van der Waals surface area contributed by atoms with Gasteiger partial charge in [-0.3, -0.25) is 4.79 Å². The number of ether oxygens (including phenoxy) is 2. The number of halogens is 2. The zero-order chi connectivity index (χ0) is 18.7. The van der Waals surface area contributed by atoms with Gasteiger partial charge in [-0.15, -0.1) is 0 Å². The van der Waals surface area contributed by atoms with Crippen LogP contribution < -0.4 is 4.74 Å². The third kappa shape index (κ3) is 3.88. The molecule has 0 bridgehead atoms. The Kier molecular flexibility index (Phi) is 5.56. The summed E-state index contributed by atoms with van der Waals surface area (Å²) in [5, 5.41) is 0. The van der Waals surface area contributed by atoms with Gasteiger partial charge in [-0.2, -0.15) is 0 Å². The maximum absolute atomic E-state index is 13.8. The van der Waals surface area contributed by atoms with E-state index in [1.807, 2.05) is 24.3 Å². The van der Waals surface area contributed by atoms with Crippen molar-refractivity contribution in [3.8, 4) is 5.75 Å². The van der Waals surface area contributed by atoms with E-state index in [9.17, 15) is 14.0 Å². The fraction of sp³-hybridized carbons (Fsp3) is 0.263. The fourth-order valence-electron chi connectivity index (χ4n) is 2.95. The number of nitrogens with zero attached hydrogens (tertiary/aromatic N) is 1. The number of fused-ring (bicyclic) bond motifs is 1. The van der Waals surface area contributed by atoms with Crippen LogP contribution in [-0.2, 0) is 27.3 Å². The molecule has 1 amide bonds. The number of carbonyl (C=O) groups is 2. The second-order valence-electron chi connectivity index (χ2n) is 5.90. The quantitative estimate of drug-likeness (QED) is 0.711. The Bertz CT molecular complexity index is 842. The Hall–Kier alpha value is -2.41. The Morgan fingerprint density at radius 1 is 1.23 bits per heavy atom. The fourth-order valence-corrected chi connectivity index (χ4v) is 3.28. The van der Waals surface area contributed by atoms with Gasteiger partial charge in [-0.25, -0.2) is 9.18 Å². The van der Waals surface area contributed by atoms with Crippen molar-refractivity contribution < 1.29 is 23.5 Å². The topological polar surface area (TPSA) is 55.8 Å². The highest BCUT2D eigenvalue weighted by atomic mass is 79.9. The zero-order valence-electron chi connectivity index (χ0n) is 14.1. The molecule has 2 aromatic carbocycles. The first-order valence-electron chi connectivity index (χ1n) is 8.01. The second-order valence-corrected chi connectivity index (χ2v) is 6.81. The number of benzene rings is 2. The zero-order valence-corrected chi connectivity index (χ0v) is 15.7. The van der Waals surface area contributed by atoms with Gasteiger partial charge in [-0.05, 0) is 29.3 Å². The highest BCUT2D eigenvalue weighted by molar-refractivity contribution is 9.10. The summed E-state index contributed by atoms with van der Waals surface area (Å²) < 4.78 is 24.6. The average molecular weight is 422 g/mol. The van der Waals surface area contributed by atoms with Crippen LogP contribution in [0.25, 0.3) is 0 Å². The molecule has 7 heteroatoms. The van der Waals surface area contributed by atoms with Gasteiger partial charge in [-0.1, -0.05) is 40.2 Å². The maximum Gasteiger partial charge on any atom is 0.328 e. The molecular weight excluding hydrogens is 405 g/mol. The number of hydrogen-bond donors (Lipinski definition) is 0. The van der Waals surface area contributed by atoms with Crippen molar-refractivity contribution in [2.45, 2.75) is 19.0 Å². The molecule has 5 nitrogen and oxygen atoms in total. The summed E-state index contributed by atoms with van der Waals surface area (Å²) in [5.74, 6) is -1.48. The van der Waals surface area contributed by atoms with E-state index in [4.69, 9.17) is 9.47 Å². The minimum atomic E-state index is -0.722. The maximum atomic E-state index is 13.8. The summed E-state index contributed by atoms with van der Waals surface area (Å²) in [5.41, 5.74) is 1.97. The molecule has 0 N–H and O–H groups in total. The molecule has 26 heavy (non-hydrogen) atoms. The van der Waals surface area contributed by atoms with Crippen molar-refractivity contribution in [3.63, 3.8) is 0 Å². The van der Waals surface area contributed by atoms with Crippen molar-refractivity contribution in [1.29, 1.82) is 0 Å². The van der Waals surface area contributed by atoms with Crippen LogP contribution in [0.15, 0.2) is 46.9 Å². The normalized spacial score (nSPS) is 16.0. The van der Waals surface area contributed by atoms with Gasteiger partial charge < -0.3 is 14.4 Å². The van der Waals surface area contributed by atoms with E-state index in [1.54, 1.807) is 6.07 Å². The summed E-state index contributed by atoms with van der Waals surface area (Å²) in [6.45, 7) is -0.0881. The van der Waals surface area contributed by atoms with E-state index < -0.39 is 23.7 Å². The molecular formula is C19H17BrFNO4. The van der Waals surface area contributed by atoms with E-state index >= 15 is 0 Å². The molecule has 136 valence electrons. The summed E-state index contributed by atoms with van der Waals surface area (Å²) in [4.78, 5) is 26.2. The molecule has 3 rings (SSSR count). The molecule has 0 fully saturated rings. The Balaban J connectivity index is 1.76. The third-order valence-electron chi connectivity index (χ3n) is 4.29. The lowest BCUT2D eigenvalue weighted by molar-refractivity contribution is -0.154. The Morgan fingerprint density at radius 2 is 1.96 bits per heavy atom. The lowest BCUT2D eigenvalue weighted by atomic mass is 9.94. The molecule has 0 aromatic heterocycles. The number of methoxy groups -OCH3 is 1. The first-order chi connectivity index (χ1) is 12.5. The van der Waals surface area contributed by atoms with E-state index in [-0.39, 0.29) is 18.9 Å². The predicted molar refractivity (Wildman–Crippen MR) is 96.1 cm³/mol. The number of esters is 1. The molecule has 0 spiro atoms. The summed E-state index contributed by atoms with van der Waals surface area (Å²) in [7, 11) is 1.29. The first kappa shape index (κ1) is 18.4. The van der Waals surface area contributed by atoms with E-state index in [1.165, 1.54) is 24.1 Å². The predicted octanol–water partition coefficient (Wildman–Crippen LogP) is 3.09. The van der Waals surface area contributed by atoms with Crippen LogP contribution in [0.5, 0.6) is 5.75 Å².